The molecule has 1 aliphatic carbocycles. The lowest BCUT2D eigenvalue weighted by atomic mass is 10.1. The largest absolute Gasteiger partial charge is 0.590 e. The van der Waals surface area contributed by atoms with Gasteiger partial charge in [-0.2, -0.15) is 0 Å². The van der Waals surface area contributed by atoms with Crippen LogP contribution < -0.4 is 10.0 Å². The maximum absolute atomic E-state index is 11.6. The van der Waals surface area contributed by atoms with Crippen LogP contribution in [-0.4, -0.2) is 38.6 Å². The Hall–Kier alpha value is 1.14. The zero-order valence-corrected chi connectivity index (χ0v) is 17.0. The zero-order chi connectivity index (χ0) is 15.1. The van der Waals surface area contributed by atoms with E-state index in [1.54, 1.807) is 0 Å². The van der Waals surface area contributed by atoms with Gasteiger partial charge in [0.2, 0.25) is 0 Å². The van der Waals surface area contributed by atoms with E-state index in [4.69, 9.17) is 4.43 Å². The highest BCUT2D eigenvalue weighted by Crippen LogP contribution is 2.51. The number of nitrogens with one attached hydrogen (secondary N) is 2. The van der Waals surface area contributed by atoms with Crippen LogP contribution in [0.2, 0.25) is 18.1 Å². The van der Waals surface area contributed by atoms with Crippen molar-refractivity contribution in [2.24, 2.45) is 17.8 Å². The number of fused-ring (bicyclic) bond motifs is 1. The highest BCUT2D eigenvalue weighted by molar-refractivity contribution is 14.2. The molecular weight excluding hydrogens is 403 g/mol. The Kier molecular flexibility index (Phi) is 5.53. The van der Waals surface area contributed by atoms with Crippen LogP contribution in [0.3, 0.4) is 0 Å². The molecule has 1 heterocycles. The van der Waals surface area contributed by atoms with Crippen molar-refractivity contribution in [2.45, 2.75) is 44.9 Å². The summed E-state index contributed by atoms with van der Waals surface area (Å²) < 4.78 is 21.1. The van der Waals surface area contributed by atoms with E-state index in [1.165, 1.54) is 0 Å². The lowest BCUT2D eigenvalue weighted by molar-refractivity contribution is 0.235. The Labute approximate surface area is 139 Å². The van der Waals surface area contributed by atoms with E-state index in [2.05, 4.69) is 43.9 Å². The first kappa shape index (κ1) is 17.5. The normalized spacial score (nSPS) is 32.9. The molecule has 2 fully saturated rings. The van der Waals surface area contributed by atoms with Crippen LogP contribution in [0.1, 0.15) is 20.8 Å². The van der Waals surface area contributed by atoms with Gasteiger partial charge in [-0.25, -0.2) is 0 Å². The van der Waals surface area contributed by atoms with Gasteiger partial charge in [0.15, 0.2) is 8.32 Å². The molecule has 0 radical (unpaired) electrons. The first-order valence-corrected chi connectivity index (χ1v) is 13.9. The Morgan fingerprint density at radius 3 is 2.40 bits per heavy atom. The van der Waals surface area contributed by atoms with Crippen molar-refractivity contribution in [3.05, 3.63) is 0 Å². The quantitative estimate of drug-likeness (QED) is 0.386. The van der Waals surface area contributed by atoms with Crippen molar-refractivity contribution in [3.8, 4) is 0 Å². The van der Waals surface area contributed by atoms with Crippen molar-refractivity contribution in [3.63, 3.8) is 0 Å². The molecule has 2 rings (SSSR count). The van der Waals surface area contributed by atoms with E-state index < -0.39 is 16.9 Å². The first-order chi connectivity index (χ1) is 9.13. The lowest BCUT2D eigenvalue weighted by Gasteiger charge is -2.37. The fraction of sp³-hybridized carbons (Fsp3) is 1.00. The predicted molar refractivity (Wildman–Crippen MR) is 95.6 cm³/mol. The molecule has 0 aromatic rings. The van der Waals surface area contributed by atoms with E-state index in [9.17, 15) is 4.55 Å². The summed E-state index contributed by atoms with van der Waals surface area (Å²) in [5, 5.41) is 3.64. The lowest BCUT2D eigenvalue weighted by Crippen LogP contribution is -2.47. The van der Waals surface area contributed by atoms with Crippen LogP contribution in [0.25, 0.3) is 0 Å². The standard InChI is InChI=1S/C13H27IN2O2SSi/c1-13(2,3)20(4,5)18-8-11(16-19(14)17)12-9-6-15-7-10(9)12/h9-12,15-16H,6-8H2,1-5H3/t9-,10?,11?,12?,19?/m1/s1. The monoisotopic (exact) mass is 430 g/mol. The van der Waals surface area contributed by atoms with E-state index in [0.29, 0.717) is 12.5 Å². The molecule has 4 nitrogen and oxygen atoms in total. The molecule has 0 amide bonds. The minimum atomic E-state index is -1.73. The van der Waals surface area contributed by atoms with Crippen molar-refractivity contribution in [1.82, 2.24) is 10.0 Å². The molecule has 7 heteroatoms. The van der Waals surface area contributed by atoms with Gasteiger partial charge in [-0.05, 0) is 49.0 Å². The average Bonchev–Trinajstić information content (AvgIpc) is 2.76. The number of hydrogen-bond donors (Lipinski definition) is 2. The molecule has 2 aliphatic rings. The smallest absolute Gasteiger partial charge is 0.274 e. The Balaban J connectivity index is 1.92. The van der Waals surface area contributed by atoms with Crippen molar-refractivity contribution in [2.75, 3.05) is 19.7 Å². The van der Waals surface area contributed by atoms with Crippen LogP contribution in [0.5, 0.6) is 0 Å². The molecule has 20 heavy (non-hydrogen) atoms. The zero-order valence-electron chi connectivity index (χ0n) is 13.0. The molecule has 1 aliphatic heterocycles. The summed E-state index contributed by atoms with van der Waals surface area (Å²) in [5.74, 6) is 2.16. The second-order valence-corrected chi connectivity index (χ2v) is 15.5. The third kappa shape index (κ3) is 3.91. The molecule has 0 spiro atoms. The summed E-state index contributed by atoms with van der Waals surface area (Å²) in [6, 6.07) is 0.235. The molecule has 1 saturated carbocycles. The fourth-order valence-electron chi connectivity index (χ4n) is 2.92. The summed E-state index contributed by atoms with van der Waals surface area (Å²) in [5.41, 5.74) is 0. The maximum Gasteiger partial charge on any atom is 0.274 e. The van der Waals surface area contributed by atoms with Gasteiger partial charge >= 0.3 is 0 Å². The average molecular weight is 430 g/mol. The summed E-state index contributed by atoms with van der Waals surface area (Å²) in [6.45, 7) is 14.3. The topological polar surface area (TPSA) is 56.3 Å². The number of piperidine rings is 1. The summed E-state index contributed by atoms with van der Waals surface area (Å²) in [4.78, 5) is 0. The Morgan fingerprint density at radius 1 is 1.40 bits per heavy atom. The molecule has 118 valence electrons. The molecule has 0 aromatic heterocycles. The first-order valence-electron chi connectivity index (χ1n) is 7.32. The molecule has 1 saturated heterocycles. The van der Waals surface area contributed by atoms with Crippen LogP contribution in [0.15, 0.2) is 0 Å². The van der Waals surface area contributed by atoms with Gasteiger partial charge < -0.3 is 14.3 Å². The molecular formula is C13H27IN2O2SSi. The van der Waals surface area contributed by atoms with E-state index >= 15 is 0 Å². The van der Waals surface area contributed by atoms with Crippen LogP contribution in [0.4, 0.5) is 0 Å². The summed E-state index contributed by atoms with van der Waals surface area (Å²) >= 11 is 1.94. The van der Waals surface area contributed by atoms with Gasteiger partial charge in [-0.3, -0.25) is 0 Å². The van der Waals surface area contributed by atoms with E-state index in [0.717, 1.165) is 24.9 Å². The Morgan fingerprint density at radius 2 is 1.95 bits per heavy atom. The van der Waals surface area contributed by atoms with Gasteiger partial charge in [-0.15, -0.1) is 4.72 Å². The van der Waals surface area contributed by atoms with Gasteiger partial charge in [0.05, 0.1) is 12.6 Å². The number of halogens is 1. The van der Waals surface area contributed by atoms with Gasteiger partial charge in [0.1, 0.15) is 8.53 Å². The maximum atomic E-state index is 11.6. The van der Waals surface area contributed by atoms with Crippen molar-refractivity contribution in [1.29, 1.82) is 0 Å². The molecule has 4 unspecified atom stereocenters. The molecule has 2 N–H and O–H groups in total. The fourth-order valence-corrected chi connectivity index (χ4v) is 5.39. The minimum absolute atomic E-state index is 0.224. The van der Waals surface area contributed by atoms with Crippen LogP contribution >= 0.6 is 21.2 Å². The second kappa shape index (κ2) is 6.33. The number of rotatable bonds is 6. The van der Waals surface area contributed by atoms with Crippen LogP contribution in [-0.2, 0) is 13.0 Å². The predicted octanol–water partition coefficient (Wildman–Crippen LogP) is 2.45. The molecule has 5 atom stereocenters. The van der Waals surface area contributed by atoms with Gasteiger partial charge in [-0.1, -0.05) is 20.8 Å². The minimum Gasteiger partial charge on any atom is -0.590 e. The summed E-state index contributed by atoms with van der Waals surface area (Å²) in [6.07, 6.45) is 0. The van der Waals surface area contributed by atoms with Crippen LogP contribution in [0, 0.1) is 17.8 Å². The Bertz CT molecular complexity index is 342. The van der Waals surface area contributed by atoms with Gasteiger partial charge in [0.25, 0.3) is 21.2 Å². The highest BCUT2D eigenvalue weighted by atomic mass is 127. The molecule has 0 aromatic carbocycles. The molecule has 0 bridgehead atoms. The van der Waals surface area contributed by atoms with Crippen molar-refractivity contribution >= 4 is 38.1 Å². The van der Waals surface area contributed by atoms with Crippen molar-refractivity contribution < 1.29 is 8.98 Å². The number of hydrogen-bond acceptors (Lipinski definition) is 4. The highest BCUT2D eigenvalue weighted by Gasteiger charge is 2.57. The SMILES string of the molecule is CC(C)(C)[Si](C)(C)OCC(N[S+]([O-])I)C1C2CNC[C@H]21. The third-order valence-electron chi connectivity index (χ3n) is 5.30. The third-order valence-corrected chi connectivity index (χ3v) is 11.0. The second-order valence-electron chi connectivity index (χ2n) is 7.58. The van der Waals surface area contributed by atoms with E-state index in [-0.39, 0.29) is 11.1 Å². The van der Waals surface area contributed by atoms with Gasteiger partial charge in [0, 0.05) is 0 Å². The van der Waals surface area contributed by atoms with E-state index in [1.807, 2.05) is 21.2 Å². The summed E-state index contributed by atoms with van der Waals surface area (Å²) in [7, 11) is -2.73.